The van der Waals surface area contributed by atoms with Crippen molar-refractivity contribution in [1.29, 1.82) is 0 Å². The van der Waals surface area contributed by atoms with Gasteiger partial charge in [0.15, 0.2) is 11.6 Å². The number of carbonyl (C=O) groups excluding carboxylic acids is 1. The van der Waals surface area contributed by atoms with Crippen LogP contribution in [0.25, 0.3) is 12.2 Å². The summed E-state index contributed by atoms with van der Waals surface area (Å²) in [6.45, 7) is 1.48. The first kappa shape index (κ1) is 24.4. The zero-order chi connectivity index (χ0) is 23.1. The van der Waals surface area contributed by atoms with Gasteiger partial charge in [-0.3, -0.25) is 9.69 Å². The zero-order valence-corrected chi connectivity index (χ0v) is 20.1. The molecule has 0 saturated carbocycles. The Morgan fingerprint density at radius 1 is 1.16 bits per heavy atom. The Morgan fingerprint density at radius 3 is 2.59 bits per heavy atom. The molecule has 0 bridgehead atoms. The summed E-state index contributed by atoms with van der Waals surface area (Å²) in [6, 6.07) is 9.99. The summed E-state index contributed by atoms with van der Waals surface area (Å²) in [5.41, 5.74) is 1.49. The van der Waals surface area contributed by atoms with E-state index < -0.39 is 11.6 Å². The molecular weight excluding hydrogens is 550 g/mol. The quantitative estimate of drug-likeness (QED) is 0.269. The summed E-state index contributed by atoms with van der Waals surface area (Å²) in [5, 5.41) is 10.3. The highest BCUT2D eigenvalue weighted by Crippen LogP contribution is 2.27. The molecule has 0 aromatic heterocycles. The monoisotopic (exact) mass is 570 g/mol. The molecule has 168 valence electrons. The van der Waals surface area contributed by atoms with Crippen molar-refractivity contribution in [3.05, 3.63) is 73.7 Å². The number of aliphatic imine (C=N–C) groups is 1. The molecule has 32 heavy (non-hydrogen) atoms. The fraction of sp³-hybridized carbons (Fsp3) is 0.217. The SMILES string of the molecule is COCCOCCN1C(=O)/C(=C/c2cc(F)c(O)c(I)c2)N=C1/C=C/c1ccc(Cl)cc1. The normalized spacial score (nSPS) is 15.2. The fourth-order valence-corrected chi connectivity index (χ4v) is 3.63. The van der Waals surface area contributed by atoms with Crippen molar-refractivity contribution in [2.75, 3.05) is 33.5 Å². The molecule has 0 atom stereocenters. The second kappa shape index (κ2) is 11.6. The molecule has 1 amide bonds. The Kier molecular flexibility index (Phi) is 8.80. The van der Waals surface area contributed by atoms with Crippen molar-refractivity contribution >= 4 is 58.1 Å². The number of amidine groups is 1. The lowest BCUT2D eigenvalue weighted by Crippen LogP contribution is -2.34. The van der Waals surface area contributed by atoms with Gasteiger partial charge in [-0.25, -0.2) is 9.38 Å². The van der Waals surface area contributed by atoms with Crippen molar-refractivity contribution in [2.45, 2.75) is 0 Å². The van der Waals surface area contributed by atoms with Gasteiger partial charge in [0.1, 0.15) is 11.5 Å². The molecule has 2 aromatic carbocycles. The minimum absolute atomic E-state index is 0.165. The molecule has 1 N–H and O–H groups in total. The first-order valence-corrected chi connectivity index (χ1v) is 11.2. The van der Waals surface area contributed by atoms with E-state index in [2.05, 4.69) is 4.99 Å². The van der Waals surface area contributed by atoms with Crippen molar-refractivity contribution in [3.63, 3.8) is 0 Å². The van der Waals surface area contributed by atoms with Crippen LogP contribution in [0.1, 0.15) is 11.1 Å². The van der Waals surface area contributed by atoms with Gasteiger partial charge in [-0.15, -0.1) is 0 Å². The van der Waals surface area contributed by atoms with Gasteiger partial charge in [0.05, 0.1) is 29.9 Å². The van der Waals surface area contributed by atoms with Crippen LogP contribution in [0.15, 0.2) is 53.2 Å². The van der Waals surface area contributed by atoms with E-state index in [0.29, 0.717) is 46.4 Å². The van der Waals surface area contributed by atoms with E-state index >= 15 is 0 Å². The van der Waals surface area contributed by atoms with Crippen LogP contribution in [0.2, 0.25) is 5.02 Å². The van der Waals surface area contributed by atoms with E-state index in [0.717, 1.165) is 11.6 Å². The first-order chi connectivity index (χ1) is 15.4. The van der Waals surface area contributed by atoms with Crippen molar-refractivity contribution in [3.8, 4) is 5.75 Å². The van der Waals surface area contributed by atoms with Gasteiger partial charge in [-0.1, -0.05) is 29.8 Å². The van der Waals surface area contributed by atoms with Crippen LogP contribution in [0.4, 0.5) is 4.39 Å². The van der Waals surface area contributed by atoms with E-state index in [1.54, 1.807) is 31.4 Å². The highest BCUT2D eigenvalue weighted by Gasteiger charge is 2.28. The fourth-order valence-electron chi connectivity index (χ4n) is 2.88. The number of halogens is 3. The number of methoxy groups -OCH3 is 1. The second-order valence-electron chi connectivity index (χ2n) is 6.78. The maximum Gasteiger partial charge on any atom is 0.278 e. The standard InChI is InChI=1S/C23H21ClFIN2O4/c1-31-10-11-32-9-8-28-21(7-4-15-2-5-17(24)6-3-15)27-20(23(28)30)14-16-12-18(25)22(29)19(26)13-16/h2-7,12-14,29H,8-11H2,1H3/b7-4+,20-14-. The number of carbonyl (C=O) groups is 1. The third-order valence-electron chi connectivity index (χ3n) is 4.50. The summed E-state index contributed by atoms with van der Waals surface area (Å²) in [5.74, 6) is -1.06. The summed E-state index contributed by atoms with van der Waals surface area (Å²) < 4.78 is 24.7. The number of ether oxygens (including phenoxy) is 2. The summed E-state index contributed by atoms with van der Waals surface area (Å²) in [6.07, 6.45) is 5.06. The van der Waals surface area contributed by atoms with Gasteiger partial charge >= 0.3 is 0 Å². The number of amides is 1. The smallest absolute Gasteiger partial charge is 0.278 e. The lowest BCUT2D eigenvalue weighted by molar-refractivity contribution is -0.123. The number of benzene rings is 2. The van der Waals surface area contributed by atoms with E-state index in [-0.39, 0.29) is 11.6 Å². The molecule has 1 aliphatic rings. The van der Waals surface area contributed by atoms with Gasteiger partial charge in [0, 0.05) is 12.1 Å². The third-order valence-corrected chi connectivity index (χ3v) is 5.58. The molecule has 0 unspecified atom stereocenters. The third kappa shape index (κ3) is 6.38. The molecule has 2 aromatic rings. The highest BCUT2D eigenvalue weighted by molar-refractivity contribution is 14.1. The Hall–Kier alpha value is -2.27. The van der Waals surface area contributed by atoms with Gasteiger partial charge < -0.3 is 14.6 Å². The lowest BCUT2D eigenvalue weighted by Gasteiger charge is -2.16. The lowest BCUT2D eigenvalue weighted by atomic mass is 10.1. The van der Waals surface area contributed by atoms with Crippen LogP contribution in [-0.2, 0) is 14.3 Å². The maximum absolute atomic E-state index is 13.9. The van der Waals surface area contributed by atoms with Crippen LogP contribution < -0.4 is 0 Å². The molecule has 0 aliphatic carbocycles. The number of hydrogen-bond acceptors (Lipinski definition) is 5. The predicted molar refractivity (Wildman–Crippen MR) is 131 cm³/mol. The summed E-state index contributed by atoms with van der Waals surface area (Å²) in [4.78, 5) is 19.0. The molecule has 0 radical (unpaired) electrons. The minimum Gasteiger partial charge on any atom is -0.504 e. The van der Waals surface area contributed by atoms with Crippen LogP contribution in [-0.4, -0.2) is 55.2 Å². The van der Waals surface area contributed by atoms with Gasteiger partial charge in [0.2, 0.25) is 0 Å². The number of rotatable bonds is 9. The second-order valence-corrected chi connectivity index (χ2v) is 8.38. The number of hydrogen-bond donors (Lipinski definition) is 1. The summed E-state index contributed by atoms with van der Waals surface area (Å²) in [7, 11) is 1.59. The molecule has 3 rings (SSSR count). The minimum atomic E-state index is -0.760. The molecule has 6 nitrogen and oxygen atoms in total. The topological polar surface area (TPSA) is 71.4 Å². The van der Waals surface area contributed by atoms with Crippen LogP contribution in [0, 0.1) is 9.39 Å². The van der Waals surface area contributed by atoms with Crippen LogP contribution in [0.5, 0.6) is 5.75 Å². The highest BCUT2D eigenvalue weighted by atomic mass is 127. The Labute approximate surface area is 204 Å². The van der Waals surface area contributed by atoms with E-state index in [4.69, 9.17) is 21.1 Å². The molecule has 9 heteroatoms. The first-order valence-electron chi connectivity index (χ1n) is 9.69. The predicted octanol–water partition coefficient (Wildman–Crippen LogP) is 4.75. The summed E-state index contributed by atoms with van der Waals surface area (Å²) >= 11 is 7.76. The van der Waals surface area contributed by atoms with Crippen LogP contribution >= 0.6 is 34.2 Å². The maximum atomic E-state index is 13.9. The van der Waals surface area contributed by atoms with Crippen molar-refractivity contribution < 1.29 is 23.8 Å². The molecule has 1 heterocycles. The molecule has 1 aliphatic heterocycles. The Bertz CT molecular complexity index is 1050. The van der Waals surface area contributed by atoms with Crippen molar-refractivity contribution in [1.82, 2.24) is 4.90 Å². The molecule has 0 spiro atoms. The average Bonchev–Trinajstić information content (AvgIpc) is 3.06. The average molecular weight is 571 g/mol. The number of phenolic OH excluding ortho intramolecular Hbond substituents is 1. The number of phenols is 1. The Balaban J connectivity index is 1.85. The van der Waals surface area contributed by atoms with Crippen molar-refractivity contribution in [2.24, 2.45) is 4.99 Å². The Morgan fingerprint density at radius 2 is 1.91 bits per heavy atom. The molecular formula is C23H21ClFIN2O4. The van der Waals surface area contributed by atoms with Gasteiger partial charge in [0.25, 0.3) is 5.91 Å². The van der Waals surface area contributed by atoms with Crippen LogP contribution in [0.3, 0.4) is 0 Å². The number of nitrogens with zero attached hydrogens (tertiary/aromatic N) is 2. The largest absolute Gasteiger partial charge is 0.504 e. The van der Waals surface area contributed by atoms with E-state index in [1.807, 2.05) is 40.8 Å². The number of aromatic hydroxyl groups is 1. The van der Waals surface area contributed by atoms with E-state index in [9.17, 15) is 14.3 Å². The van der Waals surface area contributed by atoms with Gasteiger partial charge in [-0.2, -0.15) is 0 Å². The zero-order valence-electron chi connectivity index (χ0n) is 17.2. The molecule has 0 fully saturated rings. The van der Waals surface area contributed by atoms with E-state index in [1.165, 1.54) is 11.0 Å². The molecule has 0 saturated heterocycles. The van der Waals surface area contributed by atoms with Gasteiger partial charge in [-0.05, 0) is 70.1 Å².